The highest BCUT2D eigenvalue weighted by Crippen LogP contribution is 2.28. The Morgan fingerprint density at radius 2 is 1.67 bits per heavy atom. The fraction of sp³-hybridized carbons (Fsp3) is 0.143. The van der Waals surface area contributed by atoms with Crippen LogP contribution in [0.25, 0.3) is 0 Å². The fourth-order valence-electron chi connectivity index (χ4n) is 2.63. The molecule has 27 heavy (non-hydrogen) atoms. The number of pyridine rings is 1. The standard InChI is InChI=1S/C21H21N3O3/c1-24(16-7-5-4-6-8-16)17-10-12-20(22-14-17)23-21(25)15-9-11-18(26-2)19(13-15)27-3/h4-14H,1-3H3,(H,22,23,25). The number of hydrogen-bond acceptors (Lipinski definition) is 5. The Bertz CT molecular complexity index is 912. The van der Waals surface area contributed by atoms with Crippen molar-refractivity contribution in [3.8, 4) is 11.5 Å². The van der Waals surface area contributed by atoms with Gasteiger partial charge >= 0.3 is 0 Å². The van der Waals surface area contributed by atoms with Crippen LogP contribution in [0.2, 0.25) is 0 Å². The molecule has 6 heteroatoms. The molecule has 138 valence electrons. The number of benzene rings is 2. The predicted molar refractivity (Wildman–Crippen MR) is 106 cm³/mol. The SMILES string of the molecule is COc1ccc(C(=O)Nc2ccc(N(C)c3ccccc3)cn2)cc1OC. The highest BCUT2D eigenvalue weighted by molar-refractivity contribution is 6.04. The topological polar surface area (TPSA) is 63.7 Å². The Hall–Kier alpha value is -3.54. The van der Waals surface area contributed by atoms with Crippen molar-refractivity contribution in [3.05, 3.63) is 72.4 Å². The minimum atomic E-state index is -0.271. The van der Waals surface area contributed by atoms with E-state index in [0.717, 1.165) is 11.4 Å². The van der Waals surface area contributed by atoms with Gasteiger partial charge in [0.25, 0.3) is 5.91 Å². The van der Waals surface area contributed by atoms with Gasteiger partial charge in [0, 0.05) is 18.3 Å². The first-order chi connectivity index (χ1) is 13.1. The highest BCUT2D eigenvalue weighted by Gasteiger charge is 2.12. The molecule has 0 saturated heterocycles. The van der Waals surface area contributed by atoms with E-state index in [9.17, 15) is 4.79 Å². The molecule has 0 aliphatic rings. The van der Waals surface area contributed by atoms with Crippen molar-refractivity contribution in [2.24, 2.45) is 0 Å². The fourth-order valence-corrected chi connectivity index (χ4v) is 2.63. The molecule has 1 amide bonds. The number of anilines is 3. The van der Waals surface area contributed by atoms with Crippen molar-refractivity contribution < 1.29 is 14.3 Å². The van der Waals surface area contributed by atoms with Gasteiger partial charge in [0.2, 0.25) is 0 Å². The Balaban J connectivity index is 1.72. The lowest BCUT2D eigenvalue weighted by molar-refractivity contribution is 0.102. The molecule has 0 aliphatic heterocycles. The summed E-state index contributed by atoms with van der Waals surface area (Å²) >= 11 is 0. The summed E-state index contributed by atoms with van der Waals surface area (Å²) < 4.78 is 10.4. The van der Waals surface area contributed by atoms with Crippen LogP contribution in [0, 0.1) is 0 Å². The predicted octanol–water partition coefficient (Wildman–Crippen LogP) is 4.12. The maximum Gasteiger partial charge on any atom is 0.256 e. The number of amides is 1. The molecule has 0 atom stereocenters. The number of rotatable bonds is 6. The van der Waals surface area contributed by atoms with Crippen LogP contribution in [0.4, 0.5) is 17.2 Å². The average molecular weight is 363 g/mol. The molecule has 1 aromatic heterocycles. The molecular weight excluding hydrogens is 342 g/mol. The van der Waals surface area contributed by atoms with Crippen molar-refractivity contribution >= 4 is 23.1 Å². The van der Waals surface area contributed by atoms with Crippen molar-refractivity contribution in [3.63, 3.8) is 0 Å². The zero-order valence-electron chi connectivity index (χ0n) is 15.5. The minimum Gasteiger partial charge on any atom is -0.493 e. The molecule has 0 unspecified atom stereocenters. The van der Waals surface area contributed by atoms with E-state index in [1.54, 1.807) is 37.6 Å². The van der Waals surface area contributed by atoms with Crippen molar-refractivity contribution in [1.82, 2.24) is 4.98 Å². The molecule has 1 N–H and O–H groups in total. The molecular formula is C21H21N3O3. The molecule has 3 aromatic rings. The van der Waals surface area contributed by atoms with Crippen LogP contribution >= 0.6 is 0 Å². The van der Waals surface area contributed by atoms with Crippen molar-refractivity contribution in [2.45, 2.75) is 0 Å². The van der Waals surface area contributed by atoms with E-state index in [4.69, 9.17) is 9.47 Å². The summed E-state index contributed by atoms with van der Waals surface area (Å²) in [6.07, 6.45) is 1.72. The number of nitrogens with zero attached hydrogens (tertiary/aromatic N) is 2. The van der Waals surface area contributed by atoms with E-state index < -0.39 is 0 Å². The summed E-state index contributed by atoms with van der Waals surface area (Å²) in [5.41, 5.74) is 2.44. The number of carbonyl (C=O) groups excluding carboxylic acids is 1. The first-order valence-corrected chi connectivity index (χ1v) is 8.40. The van der Waals surface area contributed by atoms with Crippen LogP contribution in [-0.2, 0) is 0 Å². The monoisotopic (exact) mass is 363 g/mol. The van der Waals surface area contributed by atoms with Gasteiger partial charge in [-0.3, -0.25) is 4.79 Å². The summed E-state index contributed by atoms with van der Waals surface area (Å²) in [5, 5.41) is 2.79. The van der Waals surface area contributed by atoms with E-state index in [1.807, 2.05) is 48.3 Å². The second-order valence-electron chi connectivity index (χ2n) is 5.82. The molecule has 0 aliphatic carbocycles. The van der Waals surface area contributed by atoms with E-state index in [0.29, 0.717) is 22.9 Å². The van der Waals surface area contributed by atoms with Crippen LogP contribution in [0.15, 0.2) is 66.9 Å². The molecule has 3 rings (SSSR count). The molecule has 1 heterocycles. The third-order valence-electron chi connectivity index (χ3n) is 4.17. The van der Waals surface area contributed by atoms with Gasteiger partial charge in [0.05, 0.1) is 26.1 Å². The summed E-state index contributed by atoms with van der Waals surface area (Å²) in [7, 11) is 5.05. The van der Waals surface area contributed by atoms with Gasteiger partial charge in [-0.1, -0.05) is 18.2 Å². The molecule has 0 radical (unpaired) electrons. The molecule has 0 spiro atoms. The zero-order chi connectivity index (χ0) is 19.2. The summed E-state index contributed by atoms with van der Waals surface area (Å²) in [6.45, 7) is 0. The largest absolute Gasteiger partial charge is 0.493 e. The number of ether oxygens (including phenoxy) is 2. The number of nitrogens with one attached hydrogen (secondary N) is 1. The van der Waals surface area contributed by atoms with Crippen LogP contribution in [-0.4, -0.2) is 32.2 Å². The van der Waals surface area contributed by atoms with Gasteiger partial charge in [-0.25, -0.2) is 4.98 Å². The van der Waals surface area contributed by atoms with Crippen LogP contribution in [0.1, 0.15) is 10.4 Å². The van der Waals surface area contributed by atoms with E-state index in [1.165, 1.54) is 7.11 Å². The van der Waals surface area contributed by atoms with Crippen molar-refractivity contribution in [1.29, 1.82) is 0 Å². The number of hydrogen-bond donors (Lipinski definition) is 1. The molecule has 0 saturated carbocycles. The lowest BCUT2D eigenvalue weighted by Gasteiger charge is -2.19. The average Bonchev–Trinajstić information content (AvgIpc) is 2.73. The number of carbonyl (C=O) groups is 1. The van der Waals surface area contributed by atoms with Crippen LogP contribution in [0.3, 0.4) is 0 Å². The van der Waals surface area contributed by atoms with Crippen LogP contribution in [0.5, 0.6) is 11.5 Å². The third kappa shape index (κ3) is 4.17. The second kappa shape index (κ2) is 8.23. The molecule has 0 fully saturated rings. The van der Waals surface area contributed by atoms with Gasteiger partial charge in [0.1, 0.15) is 5.82 Å². The smallest absolute Gasteiger partial charge is 0.256 e. The second-order valence-corrected chi connectivity index (χ2v) is 5.82. The zero-order valence-corrected chi connectivity index (χ0v) is 15.5. The third-order valence-corrected chi connectivity index (χ3v) is 4.17. The molecule has 6 nitrogen and oxygen atoms in total. The normalized spacial score (nSPS) is 10.2. The number of para-hydroxylation sites is 1. The summed E-state index contributed by atoms with van der Waals surface area (Å²) in [5.74, 6) is 1.27. The van der Waals surface area contributed by atoms with E-state index in [-0.39, 0.29) is 5.91 Å². The molecule has 0 bridgehead atoms. The van der Waals surface area contributed by atoms with Crippen LogP contribution < -0.4 is 19.7 Å². The van der Waals surface area contributed by atoms with E-state index >= 15 is 0 Å². The number of aromatic nitrogens is 1. The van der Waals surface area contributed by atoms with Gasteiger partial charge in [-0.15, -0.1) is 0 Å². The number of methoxy groups -OCH3 is 2. The van der Waals surface area contributed by atoms with Gasteiger partial charge in [-0.2, -0.15) is 0 Å². The summed E-state index contributed by atoms with van der Waals surface area (Å²) in [6, 6.07) is 18.7. The Labute approximate surface area is 158 Å². The van der Waals surface area contributed by atoms with Gasteiger partial charge in [0.15, 0.2) is 11.5 Å². The lowest BCUT2D eigenvalue weighted by Crippen LogP contribution is -2.14. The Morgan fingerprint density at radius 1 is 0.926 bits per heavy atom. The van der Waals surface area contributed by atoms with Crippen molar-refractivity contribution in [2.75, 3.05) is 31.5 Å². The summed E-state index contributed by atoms with van der Waals surface area (Å²) in [4.78, 5) is 18.8. The molecule has 2 aromatic carbocycles. The quantitative estimate of drug-likeness (QED) is 0.714. The maximum absolute atomic E-state index is 12.5. The van der Waals surface area contributed by atoms with E-state index in [2.05, 4.69) is 10.3 Å². The first kappa shape index (κ1) is 18.3. The van der Waals surface area contributed by atoms with Gasteiger partial charge < -0.3 is 19.7 Å². The highest BCUT2D eigenvalue weighted by atomic mass is 16.5. The Morgan fingerprint density at radius 3 is 2.30 bits per heavy atom. The first-order valence-electron chi connectivity index (χ1n) is 8.40. The maximum atomic E-state index is 12.5. The van der Waals surface area contributed by atoms with Gasteiger partial charge in [-0.05, 0) is 42.5 Å². The Kier molecular flexibility index (Phi) is 5.56. The minimum absolute atomic E-state index is 0.271. The lowest BCUT2D eigenvalue weighted by atomic mass is 10.2.